The van der Waals surface area contributed by atoms with Crippen LogP contribution in [0.4, 0.5) is 0 Å². The molecule has 0 aromatic carbocycles. The fourth-order valence-electron chi connectivity index (χ4n) is 3.82. The van der Waals surface area contributed by atoms with Crippen molar-refractivity contribution in [2.75, 3.05) is 39.3 Å². The molecule has 2 atom stereocenters. The van der Waals surface area contributed by atoms with Crippen molar-refractivity contribution in [2.45, 2.75) is 52.6 Å². The van der Waals surface area contributed by atoms with Crippen LogP contribution < -0.4 is 0 Å². The Morgan fingerprint density at radius 2 is 1.91 bits per heavy atom. The summed E-state index contributed by atoms with van der Waals surface area (Å²) in [5.41, 5.74) is 0. The van der Waals surface area contributed by atoms with Gasteiger partial charge in [-0.1, -0.05) is 13.8 Å². The number of piperazine rings is 1. The molecule has 2 aliphatic heterocycles. The average molecular weight is 320 g/mol. The average Bonchev–Trinajstić information content (AvgIpc) is 2.98. The molecule has 2 aliphatic rings. The van der Waals surface area contributed by atoms with Gasteiger partial charge in [-0.15, -0.1) is 0 Å². The second kappa shape index (κ2) is 8.12. The van der Waals surface area contributed by atoms with E-state index in [0.717, 1.165) is 45.7 Å². The van der Waals surface area contributed by atoms with E-state index in [4.69, 9.17) is 5.26 Å². The summed E-state index contributed by atoms with van der Waals surface area (Å²) in [7, 11) is 0. The summed E-state index contributed by atoms with van der Waals surface area (Å²) < 4.78 is 0. The molecule has 23 heavy (non-hydrogen) atoms. The fraction of sp³-hybridized carbons (Fsp3) is 0.889. The van der Waals surface area contributed by atoms with E-state index >= 15 is 0 Å². The minimum Gasteiger partial charge on any atom is -0.340 e. The van der Waals surface area contributed by atoms with Gasteiger partial charge < -0.3 is 9.80 Å². The summed E-state index contributed by atoms with van der Waals surface area (Å²) in [6.45, 7) is 14.2. The largest absolute Gasteiger partial charge is 0.340 e. The lowest BCUT2D eigenvalue weighted by Gasteiger charge is -2.42. The van der Waals surface area contributed by atoms with Gasteiger partial charge in [-0.3, -0.25) is 9.69 Å². The lowest BCUT2D eigenvalue weighted by molar-refractivity contribution is -0.138. The van der Waals surface area contributed by atoms with Gasteiger partial charge in [0.05, 0.1) is 18.4 Å². The van der Waals surface area contributed by atoms with Crippen molar-refractivity contribution in [1.82, 2.24) is 14.7 Å². The molecule has 2 saturated heterocycles. The van der Waals surface area contributed by atoms with Crippen LogP contribution in [-0.2, 0) is 4.79 Å². The lowest BCUT2D eigenvalue weighted by Crippen LogP contribution is -2.56. The molecular formula is C18H32N4O. The molecule has 5 heteroatoms. The van der Waals surface area contributed by atoms with Gasteiger partial charge >= 0.3 is 0 Å². The quantitative estimate of drug-likeness (QED) is 0.775. The first kappa shape index (κ1) is 18.2. The molecule has 0 radical (unpaired) electrons. The minimum atomic E-state index is 0.150. The SMILES string of the molecule is CC(C)CN1CCN(C(=O)[C@@H]2CCN(C(C)C)C2)C[C@@H]1CC#N. The van der Waals surface area contributed by atoms with Crippen LogP contribution in [-0.4, -0.2) is 72.0 Å². The van der Waals surface area contributed by atoms with E-state index in [1.165, 1.54) is 0 Å². The van der Waals surface area contributed by atoms with E-state index in [1.54, 1.807) is 0 Å². The van der Waals surface area contributed by atoms with E-state index in [9.17, 15) is 4.79 Å². The summed E-state index contributed by atoms with van der Waals surface area (Å²) in [5, 5.41) is 9.12. The number of amides is 1. The van der Waals surface area contributed by atoms with Gasteiger partial charge in [0.15, 0.2) is 0 Å². The third-order valence-corrected chi connectivity index (χ3v) is 5.14. The van der Waals surface area contributed by atoms with Crippen LogP contribution in [0.15, 0.2) is 0 Å². The van der Waals surface area contributed by atoms with Crippen molar-refractivity contribution >= 4 is 5.91 Å². The molecule has 0 spiro atoms. The highest BCUT2D eigenvalue weighted by molar-refractivity contribution is 5.79. The Kier molecular flexibility index (Phi) is 6.43. The number of hydrogen-bond acceptors (Lipinski definition) is 4. The number of carbonyl (C=O) groups is 1. The number of likely N-dealkylation sites (tertiary alicyclic amines) is 1. The van der Waals surface area contributed by atoms with Crippen LogP contribution in [0.3, 0.4) is 0 Å². The van der Waals surface area contributed by atoms with Crippen LogP contribution in [0.25, 0.3) is 0 Å². The maximum absolute atomic E-state index is 12.8. The molecule has 0 unspecified atom stereocenters. The van der Waals surface area contributed by atoms with Crippen molar-refractivity contribution in [2.24, 2.45) is 11.8 Å². The van der Waals surface area contributed by atoms with Gasteiger partial charge in [0, 0.05) is 44.8 Å². The predicted molar refractivity (Wildman–Crippen MR) is 91.8 cm³/mol. The highest BCUT2D eigenvalue weighted by Gasteiger charge is 2.36. The molecule has 5 nitrogen and oxygen atoms in total. The highest BCUT2D eigenvalue weighted by Crippen LogP contribution is 2.23. The maximum Gasteiger partial charge on any atom is 0.227 e. The molecule has 0 saturated carbocycles. The molecular weight excluding hydrogens is 288 g/mol. The zero-order chi connectivity index (χ0) is 17.0. The Balaban J connectivity index is 1.94. The van der Waals surface area contributed by atoms with Crippen molar-refractivity contribution in [3.05, 3.63) is 0 Å². The summed E-state index contributed by atoms with van der Waals surface area (Å²) >= 11 is 0. The van der Waals surface area contributed by atoms with Gasteiger partial charge in [0.2, 0.25) is 5.91 Å². The van der Waals surface area contributed by atoms with E-state index in [1.807, 2.05) is 4.90 Å². The number of nitrogens with zero attached hydrogens (tertiary/aromatic N) is 4. The van der Waals surface area contributed by atoms with Crippen LogP contribution >= 0.6 is 0 Å². The van der Waals surface area contributed by atoms with Crippen LogP contribution in [0.2, 0.25) is 0 Å². The van der Waals surface area contributed by atoms with Crippen LogP contribution in [0, 0.1) is 23.2 Å². The maximum atomic E-state index is 12.8. The molecule has 0 aromatic rings. The van der Waals surface area contributed by atoms with Gasteiger partial charge in [-0.2, -0.15) is 5.26 Å². The van der Waals surface area contributed by atoms with E-state index in [2.05, 4.69) is 43.6 Å². The first-order valence-corrected chi connectivity index (χ1v) is 9.06. The second-order valence-electron chi connectivity index (χ2n) is 7.76. The highest BCUT2D eigenvalue weighted by atomic mass is 16.2. The van der Waals surface area contributed by atoms with E-state index in [-0.39, 0.29) is 12.0 Å². The molecule has 0 aliphatic carbocycles. The predicted octanol–water partition coefficient (Wildman–Crippen LogP) is 1.80. The number of nitriles is 1. The Morgan fingerprint density at radius 1 is 1.17 bits per heavy atom. The summed E-state index contributed by atoms with van der Waals surface area (Å²) in [6.07, 6.45) is 1.49. The monoisotopic (exact) mass is 320 g/mol. The number of rotatable bonds is 5. The first-order chi connectivity index (χ1) is 10.9. The molecule has 130 valence electrons. The summed E-state index contributed by atoms with van der Waals surface area (Å²) in [6, 6.07) is 3.02. The molecule has 2 fully saturated rings. The van der Waals surface area contributed by atoms with E-state index < -0.39 is 0 Å². The third kappa shape index (κ3) is 4.68. The summed E-state index contributed by atoms with van der Waals surface area (Å²) in [4.78, 5) is 19.7. The third-order valence-electron chi connectivity index (χ3n) is 5.14. The number of carbonyl (C=O) groups excluding carboxylic acids is 1. The Hall–Kier alpha value is -1.12. The topological polar surface area (TPSA) is 50.6 Å². The number of hydrogen-bond donors (Lipinski definition) is 0. The van der Waals surface area contributed by atoms with E-state index in [0.29, 0.717) is 24.3 Å². The molecule has 0 N–H and O–H groups in total. The van der Waals surface area contributed by atoms with Crippen LogP contribution in [0.1, 0.15) is 40.5 Å². The molecule has 0 bridgehead atoms. The fourth-order valence-corrected chi connectivity index (χ4v) is 3.82. The standard InChI is InChI=1S/C18H32N4O/c1-14(2)11-21-9-10-22(13-17(21)5-7-19)18(23)16-6-8-20(12-16)15(3)4/h14-17H,5-6,8-13H2,1-4H3/t16-,17+/m1/s1. The first-order valence-electron chi connectivity index (χ1n) is 9.06. The molecule has 2 rings (SSSR count). The van der Waals surface area contributed by atoms with Gasteiger partial charge in [-0.25, -0.2) is 0 Å². The minimum absolute atomic E-state index is 0.150. The van der Waals surface area contributed by atoms with Crippen molar-refractivity contribution in [1.29, 1.82) is 5.26 Å². The van der Waals surface area contributed by atoms with Gasteiger partial charge in [0.25, 0.3) is 0 Å². The molecule has 1 amide bonds. The molecule has 0 aromatic heterocycles. The van der Waals surface area contributed by atoms with Gasteiger partial charge in [0.1, 0.15) is 0 Å². The zero-order valence-corrected chi connectivity index (χ0v) is 15.2. The molecule has 2 heterocycles. The van der Waals surface area contributed by atoms with Gasteiger partial charge in [-0.05, 0) is 32.7 Å². The van der Waals surface area contributed by atoms with Crippen molar-refractivity contribution in [3.63, 3.8) is 0 Å². The Morgan fingerprint density at radius 3 is 2.48 bits per heavy atom. The Labute approximate surface area is 141 Å². The smallest absolute Gasteiger partial charge is 0.227 e. The van der Waals surface area contributed by atoms with Crippen molar-refractivity contribution in [3.8, 4) is 6.07 Å². The normalized spacial score (nSPS) is 26.9. The Bertz CT molecular complexity index is 443. The van der Waals surface area contributed by atoms with Crippen LogP contribution in [0.5, 0.6) is 0 Å². The lowest BCUT2D eigenvalue weighted by atomic mass is 10.0. The second-order valence-corrected chi connectivity index (χ2v) is 7.76. The zero-order valence-electron chi connectivity index (χ0n) is 15.2. The summed E-state index contributed by atoms with van der Waals surface area (Å²) in [5.74, 6) is 1.05. The van der Waals surface area contributed by atoms with Crippen molar-refractivity contribution < 1.29 is 4.79 Å².